The number of carbonyl (C=O) groups excluding carboxylic acids is 5. The van der Waals surface area contributed by atoms with Gasteiger partial charge in [-0.15, -0.1) is 0 Å². The van der Waals surface area contributed by atoms with Gasteiger partial charge in [-0.25, -0.2) is 10.2 Å². The van der Waals surface area contributed by atoms with Crippen molar-refractivity contribution in [2.75, 3.05) is 60.1 Å². The highest BCUT2D eigenvalue weighted by Gasteiger charge is 2.44. The first-order valence-corrected chi connectivity index (χ1v) is 25.4. The van der Waals surface area contributed by atoms with Crippen LogP contribution in [-0.2, 0) is 52.8 Å². The molecule has 430 valence electrons. The number of urea groups is 1. The molecule has 3 aromatic heterocycles. The van der Waals surface area contributed by atoms with Crippen molar-refractivity contribution in [3.05, 3.63) is 84.3 Å². The molecule has 4 aromatic rings. The van der Waals surface area contributed by atoms with Crippen LogP contribution in [0, 0.1) is 11.3 Å². The number of methoxy groups -OCH3 is 1. The van der Waals surface area contributed by atoms with E-state index in [1.165, 1.54) is 27.7 Å². The van der Waals surface area contributed by atoms with Crippen molar-refractivity contribution >= 4 is 94.6 Å². The first-order chi connectivity index (χ1) is 35.1. The fourth-order valence-corrected chi connectivity index (χ4v) is 10.9. The molecule has 5 amide bonds. The number of morpholine rings is 1. The molecule has 17 nitrogen and oxygen atoms in total. The number of ether oxygens (including phenoxy) is 3. The van der Waals surface area contributed by atoms with Crippen LogP contribution in [0.3, 0.4) is 0 Å². The van der Waals surface area contributed by atoms with Crippen molar-refractivity contribution in [2.24, 2.45) is 11.3 Å². The zero-order valence-corrected chi connectivity index (χ0v) is 49.3. The number of cyclic esters (lactones) is 1. The average molecular weight is 1160 g/mol. The zero-order chi connectivity index (χ0) is 53.3. The van der Waals surface area contributed by atoms with E-state index in [4.69, 9.17) is 19.2 Å². The molecule has 0 saturated carbocycles. The van der Waals surface area contributed by atoms with E-state index in [1.54, 1.807) is 72.4 Å². The summed E-state index contributed by atoms with van der Waals surface area (Å²) in [7, 11) is 3.08. The molecule has 1 spiro atoms. The molecule has 0 aliphatic carbocycles. The van der Waals surface area contributed by atoms with E-state index in [0.29, 0.717) is 109 Å². The maximum absolute atomic E-state index is 14.8. The number of aromatic nitrogens is 3. The number of rotatable bonds is 9. The van der Waals surface area contributed by atoms with Crippen molar-refractivity contribution in [2.45, 2.75) is 116 Å². The standard InChI is InChI=1S/C54H68F3N9O8.4H2S/c1-9-44(67)64-25-26-74-53(30-64)19-23-63(24-20-53)51(71)62(7)46(33(2)3)48(68)60-42-28-36-13-10-15-40(59-36)35-17-18-43-38(27-35)39(29-52(5,6)32-73-50(70)41-16-12-22-66(61-41)49(42)69)47(65(43)31-54(55,56)57)37-14-11-21-58-45(37)34(4)72-8;;;;/h9-11,13-15,17-18,21,27,33-34,41-42,46,61H,1,12,16,19-20,22-26,28-32H2,2-8H3,(H,60,68);4*1H2/t34-,41-,42-,46-;;;;/m0..../s1. The number of likely N-dealkylation sites (tertiary alicyclic amines) is 1. The predicted molar refractivity (Wildman–Crippen MR) is 311 cm³/mol. The molecule has 4 aliphatic heterocycles. The molecule has 1 aromatic carbocycles. The largest absolute Gasteiger partial charge is 0.464 e. The van der Waals surface area contributed by atoms with Gasteiger partial charge in [0.25, 0.3) is 5.91 Å². The summed E-state index contributed by atoms with van der Waals surface area (Å²) in [6.07, 6.45) is -0.444. The predicted octanol–water partition coefficient (Wildman–Crippen LogP) is 7.09. The maximum atomic E-state index is 14.8. The Morgan fingerprint density at radius 1 is 1.00 bits per heavy atom. The van der Waals surface area contributed by atoms with Crippen LogP contribution in [0.2, 0.25) is 0 Å². The van der Waals surface area contributed by atoms with Crippen molar-refractivity contribution in [3.63, 3.8) is 0 Å². The van der Waals surface area contributed by atoms with Gasteiger partial charge in [-0.1, -0.05) is 46.4 Å². The lowest BCUT2D eigenvalue weighted by Gasteiger charge is -2.47. The van der Waals surface area contributed by atoms with Crippen molar-refractivity contribution < 1.29 is 51.4 Å². The van der Waals surface area contributed by atoms with Crippen molar-refractivity contribution in [1.82, 2.24) is 45.0 Å². The number of hydrogen-bond donors (Lipinski definition) is 2. The molecule has 3 saturated heterocycles. The number of alkyl halides is 3. The number of pyridine rings is 2. The number of carbonyl (C=O) groups is 5. The van der Waals surface area contributed by atoms with Gasteiger partial charge in [-0.3, -0.25) is 34.2 Å². The normalized spacial score (nSPS) is 20.1. The second kappa shape index (κ2) is 27.0. The number of halogens is 3. The van der Waals surface area contributed by atoms with Gasteiger partial charge in [-0.2, -0.15) is 67.2 Å². The molecule has 8 rings (SSSR count). The molecule has 6 bridgehead atoms. The fraction of sp³-hybridized carbons (Fsp3) is 0.537. The van der Waals surface area contributed by atoms with E-state index in [2.05, 4.69) is 22.3 Å². The Balaban J connectivity index is 0.00000328. The Kier molecular flexibility index (Phi) is 22.7. The number of benzene rings is 1. The van der Waals surface area contributed by atoms with Crippen LogP contribution in [0.15, 0.2) is 67.4 Å². The van der Waals surface area contributed by atoms with Gasteiger partial charge >= 0.3 is 18.2 Å². The van der Waals surface area contributed by atoms with Crippen LogP contribution in [0.4, 0.5) is 18.0 Å². The van der Waals surface area contributed by atoms with Crippen molar-refractivity contribution in [1.29, 1.82) is 0 Å². The summed E-state index contributed by atoms with van der Waals surface area (Å²) in [6, 6.07) is 10.3. The third kappa shape index (κ3) is 14.5. The van der Waals surface area contributed by atoms with Crippen LogP contribution < -0.4 is 10.7 Å². The minimum atomic E-state index is -4.61. The average Bonchev–Trinajstić information content (AvgIpc) is 3.66. The second-order valence-electron chi connectivity index (χ2n) is 21.2. The zero-order valence-electron chi connectivity index (χ0n) is 45.3. The number of likely N-dealkylation sites (N-methyl/N-ethyl adjacent to an activating group) is 1. The van der Waals surface area contributed by atoms with Crippen molar-refractivity contribution in [3.8, 4) is 22.5 Å². The van der Waals surface area contributed by atoms with Gasteiger partial charge in [0.1, 0.15) is 24.7 Å². The Bertz CT molecular complexity index is 2790. The van der Waals surface area contributed by atoms with E-state index in [9.17, 15) is 37.1 Å². The Labute approximate surface area is 482 Å². The van der Waals surface area contributed by atoms with Gasteiger partial charge < -0.3 is 38.8 Å². The van der Waals surface area contributed by atoms with E-state index >= 15 is 0 Å². The van der Waals surface area contributed by atoms with Gasteiger partial charge in [0.15, 0.2) is 0 Å². The van der Waals surface area contributed by atoms with Crippen LogP contribution >= 0.6 is 54.0 Å². The van der Waals surface area contributed by atoms with E-state index in [1.807, 2.05) is 33.8 Å². The minimum Gasteiger partial charge on any atom is -0.464 e. The lowest BCUT2D eigenvalue weighted by Crippen LogP contribution is -2.63. The Hall–Kier alpha value is -4.98. The summed E-state index contributed by atoms with van der Waals surface area (Å²) in [5.41, 5.74) is 5.30. The summed E-state index contributed by atoms with van der Waals surface area (Å²) in [4.78, 5) is 84.5. The number of hydrazine groups is 1. The highest BCUT2D eigenvalue weighted by atomic mass is 32.1. The Morgan fingerprint density at radius 2 is 1.72 bits per heavy atom. The summed E-state index contributed by atoms with van der Waals surface area (Å²) < 4.78 is 63.4. The van der Waals surface area contributed by atoms with Gasteiger partial charge in [-0.05, 0) is 93.0 Å². The minimum absolute atomic E-state index is 0. The number of amides is 5. The number of fused-ring (bicyclic) bond motifs is 6. The van der Waals surface area contributed by atoms with Gasteiger partial charge in [0, 0.05) is 86.1 Å². The summed E-state index contributed by atoms with van der Waals surface area (Å²) >= 11 is 0. The number of nitrogens with zero attached hydrogens (tertiary/aromatic N) is 7. The SMILES string of the molecule is C=CC(=O)N1CCOC2(CCN(C(=O)N(C)[C@H](C(=O)N[C@H]3Cc4cccc(n4)-c4ccc5c(c4)c(c(-c4cccnc4[C@H](C)OC)n5CC(F)(F)F)CC(C)(C)COC(=O)[C@@H]4CCCN(N4)C3=O)C(C)C)CC2)C1.S.S.S.S. The third-order valence-corrected chi connectivity index (χ3v) is 14.8. The number of nitrogens with one attached hydrogen (secondary N) is 2. The highest BCUT2D eigenvalue weighted by molar-refractivity contribution is 7.59. The molecule has 3 fully saturated rings. The summed E-state index contributed by atoms with van der Waals surface area (Å²) in [6.45, 7) is 13.5. The maximum Gasteiger partial charge on any atom is 0.406 e. The molecule has 0 radical (unpaired) electrons. The number of esters is 1. The summed E-state index contributed by atoms with van der Waals surface area (Å²) in [5.74, 6) is -2.28. The quantitative estimate of drug-likeness (QED) is 0.129. The summed E-state index contributed by atoms with van der Waals surface area (Å²) in [5, 5.41) is 4.85. The van der Waals surface area contributed by atoms with Crippen LogP contribution in [-0.4, -0.2) is 154 Å². The number of hydrogen-bond acceptors (Lipinski definition) is 11. The topological polar surface area (TPSA) is 181 Å². The van der Waals surface area contributed by atoms with E-state index < -0.39 is 71.7 Å². The van der Waals surface area contributed by atoms with Gasteiger partial charge in [0.2, 0.25) is 11.8 Å². The van der Waals surface area contributed by atoms with Crippen LogP contribution in [0.25, 0.3) is 33.4 Å². The molecule has 4 atom stereocenters. The number of piperidine rings is 1. The molecular weight excluding hydrogens is 1090 g/mol. The molecule has 24 heteroatoms. The monoisotopic (exact) mass is 1160 g/mol. The van der Waals surface area contributed by atoms with E-state index in [-0.39, 0.29) is 91.9 Å². The van der Waals surface area contributed by atoms with Crippen LogP contribution in [0.5, 0.6) is 0 Å². The first-order valence-electron chi connectivity index (χ1n) is 25.4. The lowest BCUT2D eigenvalue weighted by atomic mass is 9.84. The third-order valence-electron chi connectivity index (χ3n) is 14.8. The van der Waals surface area contributed by atoms with E-state index in [0.717, 1.165) is 0 Å². The van der Waals surface area contributed by atoms with Gasteiger partial charge in [0.05, 0.1) is 48.5 Å². The molecule has 0 unspecified atom stereocenters. The highest BCUT2D eigenvalue weighted by Crippen LogP contribution is 2.43. The molecule has 4 aliphatic rings. The Morgan fingerprint density at radius 3 is 2.38 bits per heavy atom. The lowest BCUT2D eigenvalue weighted by molar-refractivity contribution is -0.155. The smallest absolute Gasteiger partial charge is 0.406 e. The molecule has 7 heterocycles. The second-order valence-corrected chi connectivity index (χ2v) is 21.2. The molecule has 78 heavy (non-hydrogen) atoms. The van der Waals surface area contributed by atoms with Crippen LogP contribution in [0.1, 0.15) is 83.4 Å². The first kappa shape index (κ1) is 65.5. The fourth-order valence-electron chi connectivity index (χ4n) is 10.9. The molecular formula is C54H76F3N9O8S4. The molecule has 2 N–H and O–H groups in total.